The smallest absolute Gasteiger partial charge is 0.323 e. The molecule has 1 unspecified atom stereocenters. The minimum absolute atomic E-state index is 0.152. The molecule has 0 aliphatic carbocycles. The van der Waals surface area contributed by atoms with Crippen LogP contribution >= 0.6 is 23.3 Å². The molecule has 20 heavy (non-hydrogen) atoms. The number of aromatic nitrogens is 2. The summed E-state index contributed by atoms with van der Waals surface area (Å²) in [5.74, 6) is 0.954. The third-order valence-electron chi connectivity index (χ3n) is 2.89. The molecule has 0 aliphatic heterocycles. The Balaban J connectivity index is 2.39. The van der Waals surface area contributed by atoms with E-state index >= 15 is 0 Å². The standard InChI is InChI=1S/C13H23N3O2S2/c1-5-10-14-12(20-16-10)19-8-6-7-13(4,11(17)18)15-9(2)3/h9,15H,5-8H2,1-4H3,(H,17,18). The van der Waals surface area contributed by atoms with Crippen LogP contribution in [0.4, 0.5) is 0 Å². The Morgan fingerprint density at radius 3 is 2.75 bits per heavy atom. The Kier molecular flexibility index (Phi) is 6.91. The van der Waals surface area contributed by atoms with Crippen molar-refractivity contribution in [1.29, 1.82) is 0 Å². The third-order valence-corrected chi connectivity index (χ3v) is 4.85. The molecule has 1 aromatic rings. The van der Waals surface area contributed by atoms with E-state index in [0.717, 1.165) is 28.8 Å². The van der Waals surface area contributed by atoms with Crippen LogP contribution in [0.2, 0.25) is 0 Å². The van der Waals surface area contributed by atoms with E-state index in [-0.39, 0.29) is 6.04 Å². The maximum Gasteiger partial charge on any atom is 0.323 e. The average molecular weight is 317 g/mol. The number of carbonyl (C=O) groups is 1. The van der Waals surface area contributed by atoms with Gasteiger partial charge in [-0.3, -0.25) is 10.1 Å². The molecule has 0 fully saturated rings. The number of hydrogen-bond acceptors (Lipinski definition) is 6. The molecule has 0 aliphatic rings. The quantitative estimate of drug-likeness (QED) is 0.539. The molecule has 2 N–H and O–H groups in total. The van der Waals surface area contributed by atoms with E-state index in [2.05, 4.69) is 14.7 Å². The number of nitrogens with zero attached hydrogens (tertiary/aromatic N) is 2. The van der Waals surface area contributed by atoms with Crippen molar-refractivity contribution in [2.45, 2.75) is 62.9 Å². The van der Waals surface area contributed by atoms with Crippen LogP contribution in [0.3, 0.4) is 0 Å². The lowest BCUT2D eigenvalue weighted by Gasteiger charge is -2.28. The Bertz CT molecular complexity index is 437. The van der Waals surface area contributed by atoms with Gasteiger partial charge in [0.15, 0.2) is 4.34 Å². The molecule has 114 valence electrons. The van der Waals surface area contributed by atoms with Gasteiger partial charge in [-0.05, 0) is 45.1 Å². The highest BCUT2D eigenvalue weighted by molar-refractivity contribution is 8.00. The molecule has 5 nitrogen and oxygen atoms in total. The Morgan fingerprint density at radius 1 is 1.55 bits per heavy atom. The molecule has 0 saturated heterocycles. The first-order valence-electron chi connectivity index (χ1n) is 6.84. The lowest BCUT2D eigenvalue weighted by Crippen LogP contribution is -2.52. The second-order valence-electron chi connectivity index (χ2n) is 5.22. The average Bonchev–Trinajstić information content (AvgIpc) is 2.81. The summed E-state index contributed by atoms with van der Waals surface area (Å²) in [5.41, 5.74) is -0.857. The lowest BCUT2D eigenvalue weighted by atomic mass is 9.95. The second-order valence-corrected chi connectivity index (χ2v) is 7.31. The first kappa shape index (κ1) is 17.4. The summed E-state index contributed by atoms with van der Waals surface area (Å²) in [4.78, 5) is 15.8. The van der Waals surface area contributed by atoms with Crippen molar-refractivity contribution in [3.05, 3.63) is 5.82 Å². The maximum absolute atomic E-state index is 11.4. The number of hydrogen-bond donors (Lipinski definition) is 2. The van der Waals surface area contributed by atoms with Gasteiger partial charge >= 0.3 is 5.97 Å². The van der Waals surface area contributed by atoms with Crippen molar-refractivity contribution >= 4 is 29.3 Å². The van der Waals surface area contributed by atoms with Gasteiger partial charge in [-0.25, -0.2) is 4.98 Å². The predicted molar refractivity (Wildman–Crippen MR) is 83.6 cm³/mol. The molecule has 0 radical (unpaired) electrons. The zero-order valence-electron chi connectivity index (χ0n) is 12.5. The molecule has 0 saturated carbocycles. The molecule has 0 spiro atoms. The van der Waals surface area contributed by atoms with E-state index in [1.54, 1.807) is 18.7 Å². The van der Waals surface area contributed by atoms with Crippen LogP contribution < -0.4 is 5.32 Å². The Morgan fingerprint density at radius 2 is 2.25 bits per heavy atom. The fourth-order valence-corrected chi connectivity index (χ4v) is 3.61. The summed E-state index contributed by atoms with van der Waals surface area (Å²) in [7, 11) is 0. The number of aryl methyl sites for hydroxylation is 1. The van der Waals surface area contributed by atoms with Crippen molar-refractivity contribution in [2.24, 2.45) is 0 Å². The van der Waals surface area contributed by atoms with Crippen LogP contribution in [0.1, 0.15) is 46.4 Å². The van der Waals surface area contributed by atoms with Crippen molar-refractivity contribution in [1.82, 2.24) is 14.7 Å². The first-order chi connectivity index (χ1) is 9.37. The molecule has 0 bridgehead atoms. The van der Waals surface area contributed by atoms with Gasteiger partial charge in [0.25, 0.3) is 0 Å². The first-order valence-corrected chi connectivity index (χ1v) is 8.59. The van der Waals surface area contributed by atoms with Crippen molar-refractivity contribution in [3.8, 4) is 0 Å². The topological polar surface area (TPSA) is 75.1 Å². The number of aliphatic carboxylic acids is 1. The third kappa shape index (κ3) is 5.38. The van der Waals surface area contributed by atoms with Crippen LogP contribution in [-0.4, -0.2) is 37.8 Å². The van der Waals surface area contributed by atoms with Gasteiger partial charge in [-0.2, -0.15) is 4.37 Å². The molecule has 1 aromatic heterocycles. The summed E-state index contributed by atoms with van der Waals surface area (Å²) in [6, 6.07) is 0.152. The molecule has 0 amide bonds. The van der Waals surface area contributed by atoms with Crippen LogP contribution in [-0.2, 0) is 11.2 Å². The van der Waals surface area contributed by atoms with E-state index in [9.17, 15) is 9.90 Å². The number of carboxylic acid groups (broad SMARTS) is 1. The number of carboxylic acids is 1. The number of thioether (sulfide) groups is 1. The predicted octanol–water partition coefficient (Wildman–Crippen LogP) is 2.81. The van der Waals surface area contributed by atoms with Gasteiger partial charge in [0, 0.05) is 18.2 Å². The summed E-state index contributed by atoms with van der Waals surface area (Å²) >= 11 is 3.07. The van der Waals surface area contributed by atoms with Gasteiger partial charge in [0.05, 0.1) is 0 Å². The number of rotatable bonds is 9. The summed E-state index contributed by atoms with van der Waals surface area (Å²) < 4.78 is 5.20. The minimum atomic E-state index is -0.857. The minimum Gasteiger partial charge on any atom is -0.480 e. The molecule has 1 rings (SSSR count). The summed E-state index contributed by atoms with van der Waals surface area (Å²) in [6.45, 7) is 7.71. The molecule has 7 heteroatoms. The lowest BCUT2D eigenvalue weighted by molar-refractivity contribution is -0.144. The molecule has 0 aromatic carbocycles. The SMILES string of the molecule is CCc1nsc(SCCCC(C)(NC(C)C)C(=O)O)n1. The summed E-state index contributed by atoms with van der Waals surface area (Å²) in [6.07, 6.45) is 2.29. The van der Waals surface area contributed by atoms with E-state index in [0.29, 0.717) is 6.42 Å². The highest BCUT2D eigenvalue weighted by Gasteiger charge is 2.32. The fraction of sp³-hybridized carbons (Fsp3) is 0.769. The van der Waals surface area contributed by atoms with Gasteiger partial charge in [0.2, 0.25) is 0 Å². The van der Waals surface area contributed by atoms with Crippen LogP contribution in [0.5, 0.6) is 0 Å². The summed E-state index contributed by atoms with van der Waals surface area (Å²) in [5, 5.41) is 12.5. The van der Waals surface area contributed by atoms with Crippen LogP contribution in [0.25, 0.3) is 0 Å². The van der Waals surface area contributed by atoms with E-state index < -0.39 is 11.5 Å². The zero-order chi connectivity index (χ0) is 15.2. The van der Waals surface area contributed by atoms with Crippen molar-refractivity contribution in [2.75, 3.05) is 5.75 Å². The fourth-order valence-electron chi connectivity index (χ4n) is 1.90. The van der Waals surface area contributed by atoms with Crippen molar-refractivity contribution < 1.29 is 9.90 Å². The van der Waals surface area contributed by atoms with E-state index in [4.69, 9.17) is 0 Å². The largest absolute Gasteiger partial charge is 0.480 e. The highest BCUT2D eigenvalue weighted by Crippen LogP contribution is 2.23. The molecular weight excluding hydrogens is 294 g/mol. The van der Waals surface area contributed by atoms with Gasteiger partial charge < -0.3 is 5.11 Å². The molecule has 1 atom stereocenters. The van der Waals surface area contributed by atoms with E-state index in [1.807, 2.05) is 20.8 Å². The monoisotopic (exact) mass is 317 g/mol. The van der Waals surface area contributed by atoms with Crippen molar-refractivity contribution in [3.63, 3.8) is 0 Å². The van der Waals surface area contributed by atoms with E-state index in [1.165, 1.54) is 11.5 Å². The normalized spacial score (nSPS) is 14.4. The van der Waals surface area contributed by atoms with Gasteiger partial charge in [-0.1, -0.05) is 18.7 Å². The molecule has 1 heterocycles. The van der Waals surface area contributed by atoms with Crippen LogP contribution in [0.15, 0.2) is 4.34 Å². The zero-order valence-corrected chi connectivity index (χ0v) is 14.1. The Labute approximate surface area is 128 Å². The molecular formula is C13H23N3O2S2. The van der Waals surface area contributed by atoms with Crippen LogP contribution in [0, 0.1) is 0 Å². The maximum atomic E-state index is 11.4. The second kappa shape index (κ2) is 7.95. The Hall–Kier alpha value is -0.660. The van der Waals surface area contributed by atoms with Gasteiger partial charge in [-0.15, -0.1) is 0 Å². The number of nitrogens with one attached hydrogen (secondary N) is 1. The highest BCUT2D eigenvalue weighted by atomic mass is 32.2. The van der Waals surface area contributed by atoms with Gasteiger partial charge in [0.1, 0.15) is 11.4 Å².